The lowest BCUT2D eigenvalue weighted by Crippen LogP contribution is -2.44. The molecule has 2 aliphatic rings. The van der Waals surface area contributed by atoms with Crippen LogP contribution >= 0.6 is 47.9 Å². The van der Waals surface area contributed by atoms with Gasteiger partial charge in [-0.25, -0.2) is 13.1 Å². The quantitative estimate of drug-likeness (QED) is 0.463. The monoisotopic (exact) mass is 542 g/mol. The van der Waals surface area contributed by atoms with Gasteiger partial charge in [-0.1, -0.05) is 18.3 Å². The Bertz CT molecular complexity index is 1240. The molecular weight excluding hydrogens is 530 g/mol. The number of fused-ring (bicyclic) bond motifs is 1. The molecule has 0 saturated heterocycles. The number of guanidine groups is 1. The number of ether oxygens (including phenoxy) is 1. The summed E-state index contributed by atoms with van der Waals surface area (Å²) in [5.74, 6) is 0.00873. The fraction of sp³-hybridized carbons (Fsp3) is 0.333. The molecule has 4 rings (SSSR count). The van der Waals surface area contributed by atoms with Crippen LogP contribution in [0.1, 0.15) is 0 Å². The van der Waals surface area contributed by atoms with E-state index in [1.165, 1.54) is 28.4 Å². The molecule has 0 aliphatic carbocycles. The molecule has 2 aliphatic heterocycles. The molecule has 0 saturated carbocycles. The summed E-state index contributed by atoms with van der Waals surface area (Å²) in [4.78, 5) is 5.24. The maximum Gasteiger partial charge on any atom is 0.573 e. The van der Waals surface area contributed by atoms with Gasteiger partial charge in [0.1, 0.15) is 5.75 Å². The normalized spacial score (nSPS) is 16.2. The first kappa shape index (κ1) is 23.2. The van der Waals surface area contributed by atoms with E-state index in [0.29, 0.717) is 40.4 Å². The van der Waals surface area contributed by atoms with Crippen LogP contribution in [0.25, 0.3) is 0 Å². The number of aromatic nitrogens is 2. The van der Waals surface area contributed by atoms with Crippen molar-refractivity contribution in [1.82, 2.24) is 18.6 Å². The van der Waals surface area contributed by atoms with Crippen LogP contribution in [0.4, 0.5) is 19.1 Å². The van der Waals surface area contributed by atoms with Gasteiger partial charge in [0.25, 0.3) is 10.0 Å². The number of nitrogens with one attached hydrogen (secondary N) is 1. The lowest BCUT2D eigenvalue weighted by molar-refractivity contribution is -0.274. The topological polar surface area (TPSA) is 92.1 Å². The summed E-state index contributed by atoms with van der Waals surface area (Å²) < 4.78 is 78.0. The largest absolute Gasteiger partial charge is 0.573 e. The molecule has 0 unspecified atom stereocenters. The Balaban J connectivity index is 1.46. The van der Waals surface area contributed by atoms with Gasteiger partial charge in [-0.3, -0.25) is 18.8 Å². The molecule has 0 radical (unpaired) electrons. The zero-order chi connectivity index (χ0) is 23.1. The fourth-order valence-electron chi connectivity index (χ4n) is 2.88. The minimum atomic E-state index is -4.94. The second-order valence-corrected chi connectivity index (χ2v) is 11.1. The summed E-state index contributed by atoms with van der Waals surface area (Å²) in [6, 6.07) is 4.08. The number of hydrogen-bond acceptors (Lipinski definition) is 10. The Morgan fingerprint density at radius 3 is 2.81 bits per heavy atom. The summed E-state index contributed by atoms with van der Waals surface area (Å²) >= 11 is 13.1. The van der Waals surface area contributed by atoms with Crippen molar-refractivity contribution in [3.05, 3.63) is 28.2 Å². The van der Waals surface area contributed by atoms with Crippen LogP contribution in [0, 0.1) is 3.95 Å². The zero-order valence-corrected chi connectivity index (χ0v) is 19.9. The lowest BCUT2D eigenvalue weighted by atomic mass is 10.3. The highest BCUT2D eigenvalue weighted by molar-refractivity contribution is 8.23. The van der Waals surface area contributed by atoms with E-state index in [0.717, 1.165) is 24.3 Å². The SMILES string of the molecule is O=S(=O)(NC1=NCCN1C(=S)SN1CCn2c1nsc2=S)c1cccc(OC(F)(F)F)c1. The third kappa shape index (κ3) is 5.00. The third-order valence-corrected chi connectivity index (χ3v) is 8.03. The van der Waals surface area contributed by atoms with Gasteiger partial charge in [0, 0.05) is 31.1 Å². The molecule has 172 valence electrons. The average Bonchev–Trinajstić information content (AvgIpc) is 3.40. The number of hydrogen-bond donors (Lipinski definition) is 1. The molecule has 0 fully saturated rings. The van der Waals surface area contributed by atoms with Gasteiger partial charge in [-0.2, -0.15) is 4.37 Å². The van der Waals surface area contributed by atoms with Crippen LogP contribution in [0.3, 0.4) is 0 Å². The Morgan fingerprint density at radius 2 is 2.06 bits per heavy atom. The number of nitrogens with zero attached hydrogens (tertiary/aromatic N) is 5. The number of halogens is 3. The Labute approximate surface area is 199 Å². The number of thiocarbonyl (C=S) groups is 1. The minimum absolute atomic E-state index is 0.0149. The van der Waals surface area contributed by atoms with E-state index >= 15 is 0 Å². The second kappa shape index (κ2) is 8.77. The molecule has 1 N–H and O–H groups in total. The van der Waals surface area contributed by atoms with Gasteiger partial charge >= 0.3 is 6.36 Å². The number of sulfonamides is 1. The van der Waals surface area contributed by atoms with E-state index in [1.54, 1.807) is 0 Å². The summed E-state index contributed by atoms with van der Waals surface area (Å²) in [6.07, 6.45) is -4.94. The van der Waals surface area contributed by atoms with Crippen molar-refractivity contribution in [1.29, 1.82) is 0 Å². The molecule has 9 nitrogen and oxygen atoms in total. The molecule has 0 bridgehead atoms. The van der Waals surface area contributed by atoms with Crippen molar-refractivity contribution in [2.75, 3.05) is 23.9 Å². The Kier molecular flexibility index (Phi) is 6.36. The van der Waals surface area contributed by atoms with Crippen molar-refractivity contribution in [3.8, 4) is 5.75 Å². The van der Waals surface area contributed by atoms with Crippen LogP contribution in [0.2, 0.25) is 0 Å². The maximum absolute atomic E-state index is 12.7. The number of rotatable bonds is 4. The van der Waals surface area contributed by atoms with Crippen LogP contribution in [0.5, 0.6) is 5.75 Å². The molecule has 0 atom stereocenters. The number of alkyl halides is 3. The van der Waals surface area contributed by atoms with Crippen molar-refractivity contribution in [2.45, 2.75) is 17.8 Å². The van der Waals surface area contributed by atoms with Crippen LogP contribution in [0.15, 0.2) is 34.2 Å². The standard InChI is InChI=1S/C15H13F3N6O3S5/c16-15(17,18)27-9-2-1-3-10(8-9)32(25,26)21-11-19-4-5-22(11)14(29)31-24-7-6-23-12(24)20-30-13(23)28/h1-3,8H,4-7H2,(H,19,21). The van der Waals surface area contributed by atoms with Crippen molar-refractivity contribution in [3.63, 3.8) is 0 Å². The highest BCUT2D eigenvalue weighted by Crippen LogP contribution is 2.30. The first-order chi connectivity index (χ1) is 15.0. The molecule has 0 amide bonds. The average molecular weight is 543 g/mol. The van der Waals surface area contributed by atoms with Crippen LogP contribution < -0.4 is 13.8 Å². The minimum Gasteiger partial charge on any atom is -0.406 e. The van der Waals surface area contributed by atoms with Crippen LogP contribution in [-0.2, 0) is 16.6 Å². The number of benzene rings is 1. The molecule has 0 spiro atoms. The summed E-state index contributed by atoms with van der Waals surface area (Å²) in [6.45, 7) is 1.94. The summed E-state index contributed by atoms with van der Waals surface area (Å²) in [5, 5.41) is 0. The predicted molar refractivity (Wildman–Crippen MR) is 121 cm³/mol. The molecule has 1 aromatic carbocycles. The number of anilines is 1. The highest BCUT2D eigenvalue weighted by Gasteiger charge is 2.33. The lowest BCUT2D eigenvalue weighted by Gasteiger charge is -2.23. The van der Waals surface area contributed by atoms with E-state index in [-0.39, 0.29) is 5.96 Å². The predicted octanol–water partition coefficient (Wildman–Crippen LogP) is 2.98. The fourth-order valence-corrected chi connectivity index (χ4v) is 6.22. The van der Waals surface area contributed by atoms with Gasteiger partial charge in [0.15, 0.2) is 8.27 Å². The second-order valence-electron chi connectivity index (χ2n) is 6.34. The third-order valence-electron chi connectivity index (χ3n) is 4.24. The highest BCUT2D eigenvalue weighted by atomic mass is 32.2. The van der Waals surface area contributed by atoms with E-state index in [4.69, 9.17) is 24.4 Å². The van der Waals surface area contributed by atoms with Gasteiger partial charge in [-0.15, -0.1) is 13.2 Å². The van der Waals surface area contributed by atoms with Gasteiger partial charge in [0.05, 0.1) is 18.0 Å². The molecular formula is C15H13F3N6O3S5. The summed E-state index contributed by atoms with van der Waals surface area (Å²) in [7, 11) is -4.24. The van der Waals surface area contributed by atoms with E-state index in [1.807, 2.05) is 8.87 Å². The van der Waals surface area contributed by atoms with Crippen molar-refractivity contribution in [2.24, 2.45) is 4.99 Å². The first-order valence-corrected chi connectivity index (χ1v) is 12.6. The number of aliphatic imine (C=N–C) groups is 1. The Morgan fingerprint density at radius 1 is 1.28 bits per heavy atom. The Hall–Kier alpha value is -1.95. The maximum atomic E-state index is 12.7. The molecule has 3 heterocycles. The summed E-state index contributed by atoms with van der Waals surface area (Å²) in [5.41, 5.74) is 0. The van der Waals surface area contributed by atoms with E-state index in [2.05, 4.69) is 18.8 Å². The van der Waals surface area contributed by atoms with Gasteiger partial charge < -0.3 is 4.74 Å². The molecule has 32 heavy (non-hydrogen) atoms. The van der Waals surface area contributed by atoms with E-state index < -0.39 is 27.0 Å². The molecule has 1 aromatic heterocycles. The zero-order valence-electron chi connectivity index (χ0n) is 15.8. The van der Waals surface area contributed by atoms with Gasteiger partial charge in [0.2, 0.25) is 11.9 Å². The smallest absolute Gasteiger partial charge is 0.406 e. The van der Waals surface area contributed by atoms with E-state index in [9.17, 15) is 21.6 Å². The van der Waals surface area contributed by atoms with Gasteiger partial charge in [-0.05, 0) is 35.9 Å². The first-order valence-electron chi connectivity index (χ1n) is 8.80. The van der Waals surface area contributed by atoms with Crippen molar-refractivity contribution >= 4 is 74.2 Å². The van der Waals surface area contributed by atoms with Crippen LogP contribution in [-0.4, -0.2) is 58.5 Å². The molecule has 2 aromatic rings. The molecule has 17 heteroatoms. The van der Waals surface area contributed by atoms with Crippen molar-refractivity contribution < 1.29 is 26.3 Å².